The molecule has 0 radical (unpaired) electrons. The van der Waals surface area contributed by atoms with Crippen LogP contribution in [0, 0.1) is 0 Å². The molecule has 0 unspecified atom stereocenters. The van der Waals surface area contributed by atoms with Crippen molar-refractivity contribution in [2.45, 2.75) is 19.9 Å². The summed E-state index contributed by atoms with van der Waals surface area (Å²) in [5, 5.41) is 12.4. The fraction of sp³-hybridized carbons (Fsp3) is 0.333. The molecule has 0 spiro atoms. The lowest BCUT2D eigenvalue weighted by atomic mass is 10.0. The van der Waals surface area contributed by atoms with Gasteiger partial charge in [0.15, 0.2) is 11.1 Å². The molecule has 0 saturated carbocycles. The van der Waals surface area contributed by atoms with Crippen LogP contribution in [0.3, 0.4) is 0 Å². The molecule has 2 N–H and O–H groups in total. The molecule has 6 heteroatoms. The minimum Gasteiger partial charge on any atom is -0.357 e. The van der Waals surface area contributed by atoms with Crippen molar-refractivity contribution in [2.24, 2.45) is 4.99 Å². The zero-order valence-electron chi connectivity index (χ0n) is 16.2. The van der Waals surface area contributed by atoms with E-state index in [1.165, 1.54) is 16.3 Å². The van der Waals surface area contributed by atoms with Crippen molar-refractivity contribution in [3.63, 3.8) is 0 Å². The molecule has 1 aromatic heterocycles. The molecule has 0 bridgehead atoms. The van der Waals surface area contributed by atoms with Crippen LogP contribution in [-0.4, -0.2) is 38.1 Å². The molecule has 1 heterocycles. The Morgan fingerprint density at radius 2 is 1.93 bits per heavy atom. The average molecular weight is 382 g/mol. The fourth-order valence-corrected chi connectivity index (χ4v) is 3.65. The van der Waals surface area contributed by atoms with E-state index in [9.17, 15) is 0 Å². The lowest BCUT2D eigenvalue weighted by Crippen LogP contribution is -2.38. The third-order valence-electron chi connectivity index (χ3n) is 4.23. The van der Waals surface area contributed by atoms with E-state index in [1.807, 2.05) is 19.0 Å². The number of aliphatic imine (C=N–C) groups is 1. The van der Waals surface area contributed by atoms with Gasteiger partial charge in [-0.25, -0.2) is 9.98 Å². The Hall–Kier alpha value is -2.60. The van der Waals surface area contributed by atoms with E-state index >= 15 is 0 Å². The first-order valence-corrected chi connectivity index (χ1v) is 10.2. The third-order valence-corrected chi connectivity index (χ3v) is 5.29. The standard InChI is InChI=1S/C21H27N5S/c1-4-22-20(24-14-18-15-27-21(25-18)26(2)3)23-13-12-17-10-7-9-16-8-5-6-11-19(16)17/h5-11,15H,4,12-14H2,1-3H3,(H2,22,23,24). The van der Waals surface area contributed by atoms with E-state index in [0.717, 1.165) is 36.3 Å². The molecular weight excluding hydrogens is 354 g/mol. The number of hydrogen-bond acceptors (Lipinski definition) is 4. The fourth-order valence-electron chi connectivity index (χ4n) is 2.90. The Kier molecular flexibility index (Phi) is 6.65. The number of thiazole rings is 1. The van der Waals surface area contributed by atoms with E-state index < -0.39 is 0 Å². The average Bonchev–Trinajstić information content (AvgIpc) is 3.16. The number of benzene rings is 2. The molecule has 5 nitrogen and oxygen atoms in total. The normalized spacial score (nSPS) is 11.6. The molecule has 0 amide bonds. The van der Waals surface area contributed by atoms with E-state index in [1.54, 1.807) is 11.3 Å². The van der Waals surface area contributed by atoms with Crippen LogP contribution < -0.4 is 15.5 Å². The first-order chi connectivity index (χ1) is 13.2. The summed E-state index contributed by atoms with van der Waals surface area (Å²) >= 11 is 1.64. The molecule has 0 aliphatic heterocycles. The van der Waals surface area contributed by atoms with Crippen LogP contribution in [-0.2, 0) is 13.0 Å². The molecule has 27 heavy (non-hydrogen) atoms. The summed E-state index contributed by atoms with van der Waals surface area (Å²) in [7, 11) is 4.01. The van der Waals surface area contributed by atoms with Gasteiger partial charge in [0.1, 0.15) is 0 Å². The second-order valence-electron chi connectivity index (χ2n) is 6.53. The SMILES string of the molecule is CCNC(=NCc1csc(N(C)C)n1)NCCc1cccc2ccccc12. The molecule has 0 saturated heterocycles. The summed E-state index contributed by atoms with van der Waals surface area (Å²) in [6.07, 6.45) is 0.952. The Balaban J connectivity index is 1.60. The Bertz CT molecular complexity index is 895. The zero-order valence-corrected chi connectivity index (χ0v) is 17.0. The van der Waals surface area contributed by atoms with Crippen LogP contribution >= 0.6 is 11.3 Å². The molecule has 0 fully saturated rings. The number of rotatable bonds is 7. The van der Waals surface area contributed by atoms with Crippen LogP contribution in [0.2, 0.25) is 0 Å². The quantitative estimate of drug-likeness (QED) is 0.484. The highest BCUT2D eigenvalue weighted by molar-refractivity contribution is 7.13. The molecule has 0 aliphatic carbocycles. The lowest BCUT2D eigenvalue weighted by Gasteiger charge is -2.12. The topological polar surface area (TPSA) is 52.6 Å². The van der Waals surface area contributed by atoms with E-state index in [-0.39, 0.29) is 0 Å². The summed E-state index contributed by atoms with van der Waals surface area (Å²) < 4.78 is 0. The number of fused-ring (bicyclic) bond motifs is 1. The molecule has 2 aromatic carbocycles. The van der Waals surface area contributed by atoms with Crippen LogP contribution in [0.25, 0.3) is 10.8 Å². The van der Waals surface area contributed by atoms with E-state index in [0.29, 0.717) is 6.54 Å². The van der Waals surface area contributed by atoms with E-state index in [2.05, 4.69) is 75.4 Å². The number of nitrogens with zero attached hydrogens (tertiary/aromatic N) is 3. The van der Waals surface area contributed by atoms with Crippen molar-refractivity contribution in [2.75, 3.05) is 32.1 Å². The van der Waals surface area contributed by atoms with Gasteiger partial charge in [0, 0.05) is 32.6 Å². The number of aromatic nitrogens is 1. The van der Waals surface area contributed by atoms with Crippen molar-refractivity contribution in [3.8, 4) is 0 Å². The van der Waals surface area contributed by atoms with Gasteiger partial charge in [-0.2, -0.15) is 0 Å². The number of anilines is 1. The van der Waals surface area contributed by atoms with Crippen LogP contribution in [0.5, 0.6) is 0 Å². The van der Waals surface area contributed by atoms with Gasteiger partial charge in [0.2, 0.25) is 0 Å². The van der Waals surface area contributed by atoms with E-state index in [4.69, 9.17) is 0 Å². The smallest absolute Gasteiger partial charge is 0.191 e. The largest absolute Gasteiger partial charge is 0.357 e. The summed E-state index contributed by atoms with van der Waals surface area (Å²) in [6, 6.07) is 15.0. The maximum atomic E-state index is 4.67. The van der Waals surface area contributed by atoms with Crippen molar-refractivity contribution in [3.05, 3.63) is 59.1 Å². The first-order valence-electron chi connectivity index (χ1n) is 9.28. The second-order valence-corrected chi connectivity index (χ2v) is 7.36. The number of guanidine groups is 1. The zero-order chi connectivity index (χ0) is 19.1. The highest BCUT2D eigenvalue weighted by Crippen LogP contribution is 2.19. The summed E-state index contributed by atoms with van der Waals surface area (Å²) in [6.45, 7) is 4.32. The van der Waals surface area contributed by atoms with Crippen molar-refractivity contribution in [1.29, 1.82) is 0 Å². The third kappa shape index (κ3) is 5.20. The van der Waals surface area contributed by atoms with Gasteiger partial charge in [0.05, 0.1) is 12.2 Å². The Morgan fingerprint density at radius 3 is 2.70 bits per heavy atom. The minimum absolute atomic E-state index is 0.577. The van der Waals surface area contributed by atoms with Gasteiger partial charge in [0.25, 0.3) is 0 Å². The van der Waals surface area contributed by atoms with Gasteiger partial charge < -0.3 is 15.5 Å². The van der Waals surface area contributed by atoms with Gasteiger partial charge in [-0.1, -0.05) is 42.5 Å². The number of hydrogen-bond donors (Lipinski definition) is 2. The highest BCUT2D eigenvalue weighted by atomic mass is 32.1. The van der Waals surface area contributed by atoms with Gasteiger partial charge >= 0.3 is 0 Å². The molecule has 142 valence electrons. The van der Waals surface area contributed by atoms with Gasteiger partial charge in [-0.15, -0.1) is 11.3 Å². The minimum atomic E-state index is 0.577. The molecule has 3 aromatic rings. The van der Waals surface area contributed by atoms with Crippen molar-refractivity contribution < 1.29 is 0 Å². The lowest BCUT2D eigenvalue weighted by molar-refractivity contribution is 0.799. The molecular formula is C21H27N5S. The monoisotopic (exact) mass is 381 g/mol. The van der Waals surface area contributed by atoms with Crippen LogP contribution in [0.4, 0.5) is 5.13 Å². The van der Waals surface area contributed by atoms with Gasteiger partial charge in [-0.3, -0.25) is 0 Å². The molecule has 0 aliphatic rings. The maximum Gasteiger partial charge on any atom is 0.191 e. The van der Waals surface area contributed by atoms with Crippen LogP contribution in [0.15, 0.2) is 52.8 Å². The van der Waals surface area contributed by atoms with Crippen molar-refractivity contribution >= 4 is 33.2 Å². The number of nitrogens with one attached hydrogen (secondary N) is 2. The second kappa shape index (κ2) is 9.37. The molecule has 3 rings (SSSR count). The Labute approximate surface area is 165 Å². The summed E-state index contributed by atoms with van der Waals surface area (Å²) in [5.41, 5.74) is 2.35. The van der Waals surface area contributed by atoms with Crippen molar-refractivity contribution in [1.82, 2.24) is 15.6 Å². The predicted molar refractivity (Wildman–Crippen MR) is 117 cm³/mol. The Morgan fingerprint density at radius 1 is 1.11 bits per heavy atom. The maximum absolute atomic E-state index is 4.67. The highest BCUT2D eigenvalue weighted by Gasteiger charge is 2.05. The summed E-state index contributed by atoms with van der Waals surface area (Å²) in [5.74, 6) is 0.831. The van der Waals surface area contributed by atoms with Gasteiger partial charge in [-0.05, 0) is 29.7 Å². The predicted octanol–water partition coefficient (Wildman–Crippen LogP) is 3.66. The molecule has 0 atom stereocenters. The first kappa shape index (κ1) is 19.2. The summed E-state index contributed by atoms with van der Waals surface area (Å²) in [4.78, 5) is 11.3. The van der Waals surface area contributed by atoms with Crippen LogP contribution in [0.1, 0.15) is 18.2 Å².